The molecule has 0 saturated carbocycles. The van der Waals surface area contributed by atoms with E-state index in [1.54, 1.807) is 19.0 Å². The Labute approximate surface area is 151 Å². The number of rotatable bonds is 4. The summed E-state index contributed by atoms with van der Waals surface area (Å²) in [5.74, 6) is -0.113. The monoisotopic (exact) mass is 377 g/mol. The van der Waals surface area contributed by atoms with Gasteiger partial charge in [-0.1, -0.05) is 11.3 Å². The Morgan fingerprint density at radius 1 is 1.19 bits per heavy atom. The number of nitrogens with one attached hydrogen (secondary N) is 1. The van der Waals surface area contributed by atoms with Gasteiger partial charge in [0.25, 0.3) is 5.91 Å². The molecule has 11 heteroatoms. The second-order valence-corrected chi connectivity index (χ2v) is 5.72. The van der Waals surface area contributed by atoms with Crippen LogP contribution >= 0.6 is 0 Å². The fourth-order valence-corrected chi connectivity index (χ4v) is 2.13. The quantitative estimate of drug-likeness (QED) is 0.751. The van der Waals surface area contributed by atoms with E-state index >= 15 is 0 Å². The summed E-state index contributed by atoms with van der Waals surface area (Å²) in [7, 11) is 3.55. The largest absolute Gasteiger partial charge is 0.416 e. The number of aromatic nitrogens is 5. The smallest absolute Gasteiger partial charge is 0.347 e. The summed E-state index contributed by atoms with van der Waals surface area (Å²) in [5.41, 5.74) is -0.405. The number of hydrogen-bond donors (Lipinski definition) is 1. The first-order valence-corrected chi connectivity index (χ1v) is 7.65. The van der Waals surface area contributed by atoms with Gasteiger partial charge >= 0.3 is 6.18 Å². The molecule has 0 aliphatic carbocycles. The first-order valence-electron chi connectivity index (χ1n) is 7.65. The van der Waals surface area contributed by atoms with E-state index in [-0.39, 0.29) is 11.4 Å². The highest BCUT2D eigenvalue weighted by atomic mass is 19.4. The zero-order valence-electron chi connectivity index (χ0n) is 14.3. The molecule has 0 spiro atoms. The summed E-state index contributed by atoms with van der Waals surface area (Å²) >= 11 is 0. The van der Waals surface area contributed by atoms with Crippen LogP contribution in [-0.4, -0.2) is 45.0 Å². The summed E-state index contributed by atoms with van der Waals surface area (Å²) in [6.07, 6.45) is -0.385. The second-order valence-electron chi connectivity index (χ2n) is 5.72. The molecule has 1 amide bonds. The first-order chi connectivity index (χ1) is 12.7. The molecule has 0 unspecified atom stereocenters. The van der Waals surface area contributed by atoms with Crippen molar-refractivity contribution in [1.82, 2.24) is 25.0 Å². The molecule has 2 heterocycles. The Morgan fingerprint density at radius 2 is 1.89 bits per heavy atom. The molecule has 3 aromatic rings. The van der Waals surface area contributed by atoms with E-state index in [2.05, 4.69) is 25.6 Å². The zero-order valence-corrected chi connectivity index (χ0v) is 14.3. The van der Waals surface area contributed by atoms with Crippen LogP contribution in [0.3, 0.4) is 0 Å². The van der Waals surface area contributed by atoms with Gasteiger partial charge in [0.05, 0.1) is 35.5 Å². The van der Waals surface area contributed by atoms with Crippen molar-refractivity contribution >= 4 is 17.5 Å². The van der Waals surface area contributed by atoms with Crippen molar-refractivity contribution in [2.45, 2.75) is 6.18 Å². The van der Waals surface area contributed by atoms with Crippen molar-refractivity contribution in [3.8, 4) is 5.69 Å². The Morgan fingerprint density at radius 3 is 2.52 bits per heavy atom. The van der Waals surface area contributed by atoms with Crippen molar-refractivity contribution < 1.29 is 18.0 Å². The molecule has 8 nitrogen and oxygen atoms in total. The lowest BCUT2D eigenvalue weighted by atomic mass is 10.2. The van der Waals surface area contributed by atoms with Crippen molar-refractivity contribution in [3.05, 3.63) is 54.1 Å². The third kappa shape index (κ3) is 4.19. The first kappa shape index (κ1) is 18.3. The van der Waals surface area contributed by atoms with Crippen LogP contribution in [0.1, 0.15) is 16.1 Å². The normalized spacial score (nSPS) is 11.3. The maximum Gasteiger partial charge on any atom is 0.416 e. The number of anilines is 2. The average molecular weight is 377 g/mol. The van der Waals surface area contributed by atoms with Crippen molar-refractivity contribution in [2.24, 2.45) is 0 Å². The van der Waals surface area contributed by atoms with Gasteiger partial charge in [0, 0.05) is 14.1 Å². The molecule has 2 aromatic heterocycles. The average Bonchev–Trinajstić information content (AvgIpc) is 3.12. The van der Waals surface area contributed by atoms with Gasteiger partial charge < -0.3 is 10.2 Å². The molecule has 0 aliphatic rings. The molecule has 0 atom stereocenters. The van der Waals surface area contributed by atoms with Crippen LogP contribution in [0, 0.1) is 0 Å². The van der Waals surface area contributed by atoms with Crippen LogP contribution in [0.5, 0.6) is 0 Å². The van der Waals surface area contributed by atoms with Crippen LogP contribution in [0.2, 0.25) is 0 Å². The van der Waals surface area contributed by atoms with E-state index in [0.717, 1.165) is 16.8 Å². The summed E-state index contributed by atoms with van der Waals surface area (Å²) in [4.78, 5) is 22.1. The molecule has 27 heavy (non-hydrogen) atoms. The number of amides is 1. The summed E-state index contributed by atoms with van der Waals surface area (Å²) in [6.45, 7) is 0. The third-order valence-electron chi connectivity index (χ3n) is 3.46. The van der Waals surface area contributed by atoms with E-state index < -0.39 is 17.6 Å². The maximum atomic E-state index is 12.8. The number of alkyl halides is 3. The van der Waals surface area contributed by atoms with Gasteiger partial charge in [-0.05, 0) is 18.2 Å². The van der Waals surface area contributed by atoms with Crippen LogP contribution in [-0.2, 0) is 6.18 Å². The van der Waals surface area contributed by atoms with Gasteiger partial charge in [0.15, 0.2) is 5.69 Å². The van der Waals surface area contributed by atoms with E-state index in [9.17, 15) is 18.0 Å². The van der Waals surface area contributed by atoms with Crippen LogP contribution in [0.4, 0.5) is 24.8 Å². The van der Waals surface area contributed by atoms with Crippen molar-refractivity contribution in [3.63, 3.8) is 0 Å². The minimum Gasteiger partial charge on any atom is -0.347 e. The molecule has 1 N–H and O–H groups in total. The Bertz CT molecular complexity index is 951. The molecule has 0 aliphatic heterocycles. The standard InChI is InChI=1S/C16H14F3N7O/c1-25(2)15-20-7-11(8-21-15)22-14(27)13-9-26(24-23-13)12-5-3-4-10(6-12)16(17,18)19/h3-9H,1-2H3,(H,22,27). The predicted octanol–water partition coefficient (Wildman–Crippen LogP) is 2.39. The van der Waals surface area contributed by atoms with Gasteiger partial charge in [-0.25, -0.2) is 14.6 Å². The third-order valence-corrected chi connectivity index (χ3v) is 3.46. The minimum absolute atomic E-state index is 0.0657. The molecule has 0 saturated heterocycles. The molecule has 0 bridgehead atoms. The highest BCUT2D eigenvalue weighted by Gasteiger charge is 2.30. The van der Waals surface area contributed by atoms with E-state index in [1.807, 2.05) is 0 Å². The maximum absolute atomic E-state index is 12.8. The van der Waals surface area contributed by atoms with Gasteiger partial charge in [-0.2, -0.15) is 13.2 Å². The fraction of sp³-hybridized carbons (Fsp3) is 0.188. The number of benzene rings is 1. The number of nitrogens with zero attached hydrogens (tertiary/aromatic N) is 6. The zero-order chi connectivity index (χ0) is 19.6. The molecule has 0 fully saturated rings. The molecular formula is C16H14F3N7O. The van der Waals surface area contributed by atoms with Crippen LogP contribution in [0.15, 0.2) is 42.9 Å². The number of halogens is 3. The van der Waals surface area contributed by atoms with Crippen molar-refractivity contribution in [2.75, 3.05) is 24.3 Å². The van der Waals surface area contributed by atoms with E-state index in [1.165, 1.54) is 30.7 Å². The summed E-state index contributed by atoms with van der Waals surface area (Å²) in [5, 5.41) is 9.95. The second kappa shape index (κ2) is 7.02. The molecule has 1 aromatic carbocycles. The van der Waals surface area contributed by atoms with Gasteiger partial charge in [0.2, 0.25) is 5.95 Å². The highest BCUT2D eigenvalue weighted by Crippen LogP contribution is 2.30. The van der Waals surface area contributed by atoms with E-state index in [0.29, 0.717) is 11.6 Å². The Balaban J connectivity index is 1.76. The Hall–Kier alpha value is -3.50. The number of hydrogen-bond acceptors (Lipinski definition) is 6. The van der Waals surface area contributed by atoms with Gasteiger partial charge in [-0.3, -0.25) is 4.79 Å². The fourth-order valence-electron chi connectivity index (χ4n) is 2.13. The number of carbonyl (C=O) groups is 1. The molecule has 3 rings (SSSR count). The molecular weight excluding hydrogens is 363 g/mol. The Kier molecular flexibility index (Phi) is 4.75. The number of carbonyl (C=O) groups excluding carboxylic acids is 1. The lowest BCUT2D eigenvalue weighted by Gasteiger charge is -2.09. The minimum atomic E-state index is -4.48. The topological polar surface area (TPSA) is 88.8 Å². The SMILES string of the molecule is CN(C)c1ncc(NC(=O)c2cn(-c3cccc(C(F)(F)F)c3)nn2)cn1. The lowest BCUT2D eigenvalue weighted by Crippen LogP contribution is -2.15. The summed E-state index contributed by atoms with van der Waals surface area (Å²) < 4.78 is 39.5. The van der Waals surface area contributed by atoms with Gasteiger partial charge in [0.1, 0.15) is 0 Å². The van der Waals surface area contributed by atoms with Crippen LogP contribution in [0.25, 0.3) is 5.69 Å². The molecule has 140 valence electrons. The highest BCUT2D eigenvalue weighted by molar-refractivity contribution is 6.02. The van der Waals surface area contributed by atoms with E-state index in [4.69, 9.17) is 0 Å². The van der Waals surface area contributed by atoms with Crippen LogP contribution < -0.4 is 10.2 Å². The lowest BCUT2D eigenvalue weighted by molar-refractivity contribution is -0.137. The molecule has 0 radical (unpaired) electrons. The van der Waals surface area contributed by atoms with Crippen molar-refractivity contribution in [1.29, 1.82) is 0 Å². The predicted molar refractivity (Wildman–Crippen MR) is 90.7 cm³/mol. The van der Waals surface area contributed by atoms with Gasteiger partial charge in [-0.15, -0.1) is 5.10 Å². The summed E-state index contributed by atoms with van der Waals surface area (Å²) in [6, 6.07) is 4.55.